The molecule has 0 amide bonds. The highest BCUT2D eigenvalue weighted by Gasteiger charge is 2.11. The van der Waals surface area contributed by atoms with Crippen LogP contribution in [-0.2, 0) is 0 Å². The fourth-order valence-electron chi connectivity index (χ4n) is 1.64. The van der Waals surface area contributed by atoms with Crippen LogP contribution >= 0.6 is 15.9 Å². The number of carbonyl (C=O) groups is 1. The molecule has 92 valence electrons. The maximum absolute atomic E-state index is 12.2. The smallest absolute Gasteiger partial charge is 0.203 e. The summed E-state index contributed by atoms with van der Waals surface area (Å²) in [6, 6.07) is 18.2. The summed E-state index contributed by atoms with van der Waals surface area (Å²) in [4.78, 5) is 12.2. The minimum absolute atomic E-state index is 0.123. The SMILES string of the molecule is N#C/C(=C\c1ccccc1Br)C(=O)c1ccccc1. The monoisotopic (exact) mass is 311 g/mol. The minimum atomic E-state index is -0.265. The molecule has 0 aromatic heterocycles. The average Bonchev–Trinajstić information content (AvgIpc) is 2.47. The van der Waals surface area contributed by atoms with E-state index in [4.69, 9.17) is 5.26 Å². The van der Waals surface area contributed by atoms with E-state index < -0.39 is 0 Å². The molecule has 0 spiro atoms. The Kier molecular flexibility index (Phi) is 4.27. The van der Waals surface area contributed by atoms with Gasteiger partial charge in [0.2, 0.25) is 5.78 Å². The number of nitriles is 1. The topological polar surface area (TPSA) is 40.9 Å². The summed E-state index contributed by atoms with van der Waals surface area (Å²) in [7, 11) is 0. The van der Waals surface area contributed by atoms with Gasteiger partial charge in [-0.25, -0.2) is 0 Å². The number of rotatable bonds is 3. The first-order chi connectivity index (χ1) is 9.22. The maximum atomic E-state index is 12.2. The number of benzene rings is 2. The standard InChI is InChI=1S/C16H10BrNO/c17-15-9-5-4-8-13(15)10-14(11-18)16(19)12-6-2-1-3-7-12/h1-10H/b14-10+. The second kappa shape index (κ2) is 6.12. The van der Waals surface area contributed by atoms with Crippen molar-refractivity contribution in [2.45, 2.75) is 0 Å². The second-order valence-electron chi connectivity index (χ2n) is 3.89. The number of carbonyl (C=O) groups excluding carboxylic acids is 1. The molecule has 2 nitrogen and oxygen atoms in total. The number of nitrogens with zero attached hydrogens (tertiary/aromatic N) is 1. The fourth-order valence-corrected chi connectivity index (χ4v) is 2.04. The summed E-state index contributed by atoms with van der Waals surface area (Å²) in [5.74, 6) is -0.265. The molecule has 0 heterocycles. The number of allylic oxidation sites excluding steroid dienone is 1. The van der Waals surface area contributed by atoms with Crippen LogP contribution in [0.25, 0.3) is 6.08 Å². The molecule has 3 heteroatoms. The van der Waals surface area contributed by atoms with Crippen LogP contribution in [-0.4, -0.2) is 5.78 Å². The van der Waals surface area contributed by atoms with Gasteiger partial charge in [-0.15, -0.1) is 0 Å². The zero-order chi connectivity index (χ0) is 13.7. The van der Waals surface area contributed by atoms with Crippen molar-refractivity contribution in [2.75, 3.05) is 0 Å². The third-order valence-corrected chi connectivity index (χ3v) is 3.33. The molecule has 2 aromatic rings. The molecule has 0 N–H and O–H groups in total. The number of hydrogen-bond donors (Lipinski definition) is 0. The van der Waals surface area contributed by atoms with Gasteiger partial charge >= 0.3 is 0 Å². The maximum Gasteiger partial charge on any atom is 0.203 e. The van der Waals surface area contributed by atoms with E-state index in [0.717, 1.165) is 10.0 Å². The Balaban J connectivity index is 2.39. The summed E-state index contributed by atoms with van der Waals surface area (Å²) in [6.07, 6.45) is 1.60. The summed E-state index contributed by atoms with van der Waals surface area (Å²) in [5, 5.41) is 9.16. The molecule has 0 fully saturated rings. The molecular weight excluding hydrogens is 302 g/mol. The van der Waals surface area contributed by atoms with E-state index in [1.54, 1.807) is 30.3 Å². The number of halogens is 1. The second-order valence-corrected chi connectivity index (χ2v) is 4.74. The van der Waals surface area contributed by atoms with Crippen LogP contribution in [0.1, 0.15) is 15.9 Å². The van der Waals surface area contributed by atoms with Gasteiger partial charge in [-0.1, -0.05) is 64.5 Å². The highest BCUT2D eigenvalue weighted by atomic mass is 79.9. The first-order valence-electron chi connectivity index (χ1n) is 5.68. The van der Waals surface area contributed by atoms with Gasteiger partial charge in [0.05, 0.1) is 0 Å². The molecule has 19 heavy (non-hydrogen) atoms. The van der Waals surface area contributed by atoms with Crippen LogP contribution in [0.5, 0.6) is 0 Å². The Morgan fingerprint density at radius 1 is 1.05 bits per heavy atom. The minimum Gasteiger partial charge on any atom is -0.288 e. The van der Waals surface area contributed by atoms with Crippen molar-refractivity contribution in [1.82, 2.24) is 0 Å². The van der Waals surface area contributed by atoms with Crippen molar-refractivity contribution < 1.29 is 4.79 Å². The van der Waals surface area contributed by atoms with Crippen LogP contribution in [0, 0.1) is 11.3 Å². The van der Waals surface area contributed by atoms with Gasteiger partial charge in [0, 0.05) is 10.0 Å². The number of ketones is 1. The molecule has 0 aliphatic carbocycles. The van der Waals surface area contributed by atoms with E-state index >= 15 is 0 Å². The van der Waals surface area contributed by atoms with E-state index in [0.29, 0.717) is 5.56 Å². The van der Waals surface area contributed by atoms with Gasteiger partial charge < -0.3 is 0 Å². The van der Waals surface area contributed by atoms with Crippen LogP contribution < -0.4 is 0 Å². The average molecular weight is 312 g/mol. The number of Topliss-reactive ketones (excluding diaryl/α,β-unsaturated/α-hetero) is 1. The summed E-state index contributed by atoms with van der Waals surface area (Å²) in [6.45, 7) is 0. The summed E-state index contributed by atoms with van der Waals surface area (Å²) in [5.41, 5.74) is 1.45. The van der Waals surface area contributed by atoms with Crippen LogP contribution in [0.15, 0.2) is 64.6 Å². The Labute approximate surface area is 120 Å². The highest BCUT2D eigenvalue weighted by molar-refractivity contribution is 9.10. The number of hydrogen-bond acceptors (Lipinski definition) is 2. The zero-order valence-electron chi connectivity index (χ0n) is 10.0. The van der Waals surface area contributed by atoms with Crippen LogP contribution in [0.3, 0.4) is 0 Å². The first kappa shape index (κ1) is 13.3. The Hall–Kier alpha value is -2.18. The predicted octanol–water partition coefficient (Wildman–Crippen LogP) is 4.24. The largest absolute Gasteiger partial charge is 0.288 e. The van der Waals surface area contributed by atoms with Gasteiger partial charge in [-0.3, -0.25) is 4.79 Å². The van der Waals surface area contributed by atoms with Crippen molar-refractivity contribution >= 4 is 27.8 Å². The third-order valence-electron chi connectivity index (χ3n) is 2.61. The van der Waals surface area contributed by atoms with E-state index in [-0.39, 0.29) is 11.4 Å². The van der Waals surface area contributed by atoms with Crippen LogP contribution in [0.2, 0.25) is 0 Å². The molecule has 2 aromatic carbocycles. The fraction of sp³-hybridized carbons (Fsp3) is 0. The molecule has 0 unspecified atom stereocenters. The van der Waals surface area contributed by atoms with Crippen molar-refractivity contribution in [3.63, 3.8) is 0 Å². The molecular formula is C16H10BrNO. The van der Waals surface area contributed by atoms with Gasteiger partial charge in [-0.05, 0) is 17.7 Å². The zero-order valence-corrected chi connectivity index (χ0v) is 11.6. The van der Waals surface area contributed by atoms with Crippen molar-refractivity contribution in [2.24, 2.45) is 0 Å². The molecule has 0 atom stereocenters. The van der Waals surface area contributed by atoms with Gasteiger partial charge in [-0.2, -0.15) is 5.26 Å². The molecule has 0 radical (unpaired) electrons. The predicted molar refractivity (Wildman–Crippen MR) is 78.5 cm³/mol. The highest BCUT2D eigenvalue weighted by Crippen LogP contribution is 2.20. The van der Waals surface area contributed by atoms with Crippen molar-refractivity contribution in [3.8, 4) is 6.07 Å². The molecule has 0 aliphatic rings. The Morgan fingerprint density at radius 3 is 2.32 bits per heavy atom. The van der Waals surface area contributed by atoms with E-state index in [1.807, 2.05) is 36.4 Å². The molecule has 0 saturated heterocycles. The van der Waals surface area contributed by atoms with E-state index in [9.17, 15) is 4.79 Å². The van der Waals surface area contributed by atoms with Gasteiger partial charge in [0.1, 0.15) is 11.6 Å². The summed E-state index contributed by atoms with van der Waals surface area (Å²) < 4.78 is 0.851. The van der Waals surface area contributed by atoms with Gasteiger partial charge in [0.15, 0.2) is 0 Å². The lowest BCUT2D eigenvalue weighted by Gasteiger charge is -2.01. The van der Waals surface area contributed by atoms with Gasteiger partial charge in [0.25, 0.3) is 0 Å². The quantitative estimate of drug-likeness (QED) is 0.483. The van der Waals surface area contributed by atoms with Crippen molar-refractivity contribution in [3.05, 3.63) is 75.8 Å². The Morgan fingerprint density at radius 2 is 1.68 bits per heavy atom. The lowest BCUT2D eigenvalue weighted by atomic mass is 10.0. The normalized spacial score (nSPS) is 10.8. The lowest BCUT2D eigenvalue weighted by Crippen LogP contribution is -2.01. The Bertz CT molecular complexity index is 669. The lowest BCUT2D eigenvalue weighted by molar-refractivity contribution is 0.104. The van der Waals surface area contributed by atoms with Crippen LogP contribution in [0.4, 0.5) is 0 Å². The van der Waals surface area contributed by atoms with E-state index in [2.05, 4.69) is 15.9 Å². The first-order valence-corrected chi connectivity index (χ1v) is 6.48. The summed E-state index contributed by atoms with van der Waals surface area (Å²) >= 11 is 3.39. The molecule has 0 saturated carbocycles. The molecule has 2 rings (SSSR count). The third kappa shape index (κ3) is 3.18. The molecule has 0 bridgehead atoms. The molecule has 0 aliphatic heterocycles. The van der Waals surface area contributed by atoms with Crippen molar-refractivity contribution in [1.29, 1.82) is 5.26 Å². The van der Waals surface area contributed by atoms with E-state index in [1.165, 1.54) is 0 Å².